The fraction of sp³-hybridized carbons (Fsp3) is 0.0476. The lowest BCUT2D eigenvalue weighted by Crippen LogP contribution is -2.16. The molecule has 0 atom stereocenters. The molecule has 1 amide bonds. The maximum Gasteiger partial charge on any atom is 0.411 e. The summed E-state index contributed by atoms with van der Waals surface area (Å²) >= 11 is 6.10. The van der Waals surface area contributed by atoms with Crippen LogP contribution in [-0.4, -0.2) is 35.1 Å². The summed E-state index contributed by atoms with van der Waals surface area (Å²) in [5, 5.41) is 16.2. The van der Waals surface area contributed by atoms with E-state index < -0.39 is 16.1 Å². The van der Waals surface area contributed by atoms with Crippen molar-refractivity contribution >= 4 is 39.1 Å². The predicted octanol–water partition coefficient (Wildman–Crippen LogP) is 4.07. The summed E-state index contributed by atoms with van der Waals surface area (Å²) in [5.41, 5.74) is 1.84. The molecule has 1 heterocycles. The van der Waals surface area contributed by atoms with E-state index in [9.17, 15) is 13.2 Å². The summed E-state index contributed by atoms with van der Waals surface area (Å²) in [6.45, 7) is 0.0661. The van der Waals surface area contributed by atoms with E-state index in [0.29, 0.717) is 11.4 Å². The van der Waals surface area contributed by atoms with Crippen molar-refractivity contribution in [3.05, 3.63) is 83.4 Å². The van der Waals surface area contributed by atoms with Crippen LogP contribution in [0.4, 0.5) is 16.2 Å². The average molecular weight is 485 g/mol. The number of carbonyl (C=O) groups is 1. The van der Waals surface area contributed by atoms with E-state index in [2.05, 4.69) is 30.7 Å². The molecule has 0 radical (unpaired) electrons. The number of benzene rings is 3. The van der Waals surface area contributed by atoms with Crippen molar-refractivity contribution in [1.29, 1.82) is 0 Å². The van der Waals surface area contributed by atoms with Crippen LogP contribution in [-0.2, 0) is 21.4 Å². The van der Waals surface area contributed by atoms with Crippen LogP contribution in [0.2, 0.25) is 5.02 Å². The van der Waals surface area contributed by atoms with Gasteiger partial charge in [-0.1, -0.05) is 54.1 Å². The monoisotopic (exact) mass is 484 g/mol. The number of sulfonamides is 1. The average Bonchev–Trinajstić information content (AvgIpc) is 3.33. The van der Waals surface area contributed by atoms with Gasteiger partial charge in [-0.25, -0.2) is 13.2 Å². The van der Waals surface area contributed by atoms with Gasteiger partial charge in [-0.2, -0.15) is 5.21 Å². The first-order valence-corrected chi connectivity index (χ1v) is 11.4. The Kier molecular flexibility index (Phi) is 6.52. The van der Waals surface area contributed by atoms with E-state index in [-0.39, 0.29) is 27.9 Å². The first-order chi connectivity index (χ1) is 15.9. The number of nitrogens with zero attached hydrogens (tertiary/aromatic N) is 3. The molecule has 0 aliphatic heterocycles. The maximum absolute atomic E-state index is 12.9. The smallest absolute Gasteiger partial charge is 0.411 e. The molecule has 3 N–H and O–H groups in total. The van der Waals surface area contributed by atoms with Crippen molar-refractivity contribution < 1.29 is 17.9 Å². The van der Waals surface area contributed by atoms with E-state index in [1.54, 1.807) is 24.3 Å². The topological polar surface area (TPSA) is 139 Å². The quantitative estimate of drug-likeness (QED) is 0.359. The fourth-order valence-electron chi connectivity index (χ4n) is 2.89. The zero-order chi connectivity index (χ0) is 23.3. The summed E-state index contributed by atoms with van der Waals surface area (Å²) in [6.07, 6.45) is -0.745. The molecule has 4 aromatic rings. The van der Waals surface area contributed by atoms with Crippen molar-refractivity contribution in [3.8, 4) is 11.4 Å². The van der Waals surface area contributed by atoms with Crippen LogP contribution in [0.25, 0.3) is 11.4 Å². The fourth-order valence-corrected chi connectivity index (χ4v) is 4.31. The molecule has 12 heteroatoms. The molecule has 0 spiro atoms. The Morgan fingerprint density at radius 3 is 2.58 bits per heavy atom. The maximum atomic E-state index is 12.9. The van der Waals surface area contributed by atoms with Gasteiger partial charge in [0.2, 0.25) is 5.82 Å². The number of ether oxygens (including phenoxy) is 1. The first-order valence-electron chi connectivity index (χ1n) is 9.54. The zero-order valence-corrected chi connectivity index (χ0v) is 18.5. The molecule has 0 fully saturated rings. The molecule has 10 nitrogen and oxygen atoms in total. The molecular formula is C21H17ClN6O4S. The number of rotatable bonds is 7. The second kappa shape index (κ2) is 9.67. The molecular weight excluding hydrogens is 468 g/mol. The van der Waals surface area contributed by atoms with Gasteiger partial charge in [0.25, 0.3) is 10.0 Å². The molecule has 33 heavy (non-hydrogen) atoms. The van der Waals surface area contributed by atoms with Gasteiger partial charge < -0.3 is 4.74 Å². The van der Waals surface area contributed by atoms with Crippen LogP contribution in [0.15, 0.2) is 77.7 Å². The van der Waals surface area contributed by atoms with Gasteiger partial charge in [-0.15, -0.1) is 10.2 Å². The number of nitrogens with one attached hydrogen (secondary N) is 3. The van der Waals surface area contributed by atoms with Gasteiger partial charge in [0.05, 0.1) is 4.90 Å². The lowest BCUT2D eigenvalue weighted by atomic mass is 10.2. The highest BCUT2D eigenvalue weighted by molar-refractivity contribution is 7.92. The van der Waals surface area contributed by atoms with Crippen LogP contribution in [0, 0.1) is 0 Å². The van der Waals surface area contributed by atoms with Crippen LogP contribution in [0.3, 0.4) is 0 Å². The van der Waals surface area contributed by atoms with Crippen molar-refractivity contribution in [1.82, 2.24) is 20.6 Å². The second-order valence-corrected chi connectivity index (χ2v) is 8.90. The molecule has 1 aromatic heterocycles. The lowest BCUT2D eigenvalue weighted by molar-refractivity contribution is 0.155. The summed E-state index contributed by atoms with van der Waals surface area (Å²) in [7, 11) is -4.03. The van der Waals surface area contributed by atoms with Gasteiger partial charge >= 0.3 is 6.09 Å². The lowest BCUT2D eigenvalue weighted by Gasteiger charge is -2.12. The number of hydrogen-bond acceptors (Lipinski definition) is 7. The number of carbonyl (C=O) groups excluding carboxylic acids is 1. The highest BCUT2D eigenvalue weighted by Gasteiger charge is 2.18. The standard InChI is InChI=1S/C21H17ClN6O4S/c22-16-10-18(23-21(29)32-13-14-5-2-1-3-6-14)12-19(11-16)33(30,31)26-17-8-4-7-15(9-17)20-24-27-28-25-20/h1-12,26H,13H2,(H,23,29)(H,24,25,27,28). The molecule has 0 saturated heterocycles. The number of hydrogen-bond donors (Lipinski definition) is 3. The van der Waals surface area contributed by atoms with Crippen molar-refractivity contribution in [3.63, 3.8) is 0 Å². The van der Waals surface area contributed by atoms with Crippen molar-refractivity contribution in [2.24, 2.45) is 0 Å². The van der Waals surface area contributed by atoms with Crippen molar-refractivity contribution in [2.45, 2.75) is 11.5 Å². The summed E-state index contributed by atoms with van der Waals surface area (Å²) < 4.78 is 33.5. The molecule has 0 aliphatic carbocycles. The number of aromatic nitrogens is 4. The number of amides is 1. The number of tetrazole rings is 1. The Morgan fingerprint density at radius 2 is 1.82 bits per heavy atom. The van der Waals surface area contributed by atoms with Gasteiger partial charge in [-0.05, 0) is 41.1 Å². The first kappa shape index (κ1) is 22.2. The molecule has 168 valence electrons. The third-order valence-corrected chi connectivity index (χ3v) is 5.94. The van der Waals surface area contributed by atoms with Crippen LogP contribution >= 0.6 is 11.6 Å². The van der Waals surface area contributed by atoms with Gasteiger partial charge in [0.1, 0.15) is 6.61 Å². The minimum atomic E-state index is -4.03. The normalized spacial score (nSPS) is 11.1. The molecule has 4 rings (SSSR count). The highest BCUT2D eigenvalue weighted by atomic mass is 35.5. The third kappa shape index (κ3) is 5.84. The highest BCUT2D eigenvalue weighted by Crippen LogP contribution is 2.26. The molecule has 0 saturated carbocycles. The number of H-pyrrole nitrogens is 1. The third-order valence-electron chi connectivity index (χ3n) is 4.36. The SMILES string of the molecule is O=C(Nc1cc(Cl)cc(S(=O)(=O)Nc2cccc(-c3nn[nH]n3)c2)c1)OCc1ccccc1. The van der Waals surface area contributed by atoms with Gasteiger partial charge in [0, 0.05) is 22.0 Å². The van der Waals surface area contributed by atoms with Gasteiger partial charge in [0.15, 0.2) is 0 Å². The largest absolute Gasteiger partial charge is 0.444 e. The van der Waals surface area contributed by atoms with Crippen molar-refractivity contribution in [2.75, 3.05) is 10.0 Å². The second-order valence-electron chi connectivity index (χ2n) is 6.78. The Labute approximate surface area is 194 Å². The zero-order valence-electron chi connectivity index (χ0n) is 16.9. The van der Waals surface area contributed by atoms with E-state index in [1.807, 2.05) is 30.3 Å². The Balaban J connectivity index is 1.48. The Bertz CT molecular complexity index is 1360. The van der Waals surface area contributed by atoms with E-state index in [4.69, 9.17) is 16.3 Å². The van der Waals surface area contributed by atoms with Gasteiger partial charge in [-0.3, -0.25) is 10.0 Å². The van der Waals surface area contributed by atoms with Crippen LogP contribution in [0.5, 0.6) is 0 Å². The molecule has 0 aliphatic rings. The number of anilines is 2. The number of aromatic amines is 1. The van der Waals surface area contributed by atoms with Crippen LogP contribution < -0.4 is 10.0 Å². The predicted molar refractivity (Wildman–Crippen MR) is 122 cm³/mol. The molecule has 3 aromatic carbocycles. The van der Waals surface area contributed by atoms with E-state index in [1.165, 1.54) is 18.2 Å². The molecule has 0 unspecified atom stereocenters. The van der Waals surface area contributed by atoms with Crippen LogP contribution in [0.1, 0.15) is 5.56 Å². The minimum Gasteiger partial charge on any atom is -0.444 e. The summed E-state index contributed by atoms with van der Waals surface area (Å²) in [5.74, 6) is 0.319. The Morgan fingerprint density at radius 1 is 1.00 bits per heavy atom. The van der Waals surface area contributed by atoms with E-state index in [0.717, 1.165) is 5.56 Å². The summed E-state index contributed by atoms with van der Waals surface area (Å²) in [4.78, 5) is 12.0. The molecule has 0 bridgehead atoms. The Hall–Kier alpha value is -3.96. The minimum absolute atomic E-state index is 0.0661. The van der Waals surface area contributed by atoms with E-state index >= 15 is 0 Å². The number of halogens is 1. The summed E-state index contributed by atoms with van der Waals surface area (Å²) in [6, 6.07) is 19.6.